The van der Waals surface area contributed by atoms with E-state index >= 15 is 0 Å². The standard InChI is InChI=1S/C13H19N3O4/c1-5-20-13(17)8-15(9(2)3)12-7-6-11(16(18)19)10(4)14-12/h6-7,9H,5,8H2,1-4H3. The van der Waals surface area contributed by atoms with Crippen LogP contribution >= 0.6 is 0 Å². The van der Waals surface area contributed by atoms with Gasteiger partial charge in [0.05, 0.1) is 11.5 Å². The normalized spacial score (nSPS) is 10.4. The molecule has 1 aromatic rings. The van der Waals surface area contributed by atoms with E-state index in [1.807, 2.05) is 13.8 Å². The number of aryl methyl sites for hydroxylation is 1. The molecular formula is C13H19N3O4. The van der Waals surface area contributed by atoms with Crippen molar-refractivity contribution in [2.75, 3.05) is 18.1 Å². The van der Waals surface area contributed by atoms with Gasteiger partial charge in [0.25, 0.3) is 5.69 Å². The topological polar surface area (TPSA) is 85.6 Å². The van der Waals surface area contributed by atoms with Crippen molar-refractivity contribution in [3.63, 3.8) is 0 Å². The summed E-state index contributed by atoms with van der Waals surface area (Å²) in [5.41, 5.74) is 0.288. The average Bonchev–Trinajstić information content (AvgIpc) is 2.35. The van der Waals surface area contributed by atoms with Crippen molar-refractivity contribution in [1.29, 1.82) is 0 Å². The quantitative estimate of drug-likeness (QED) is 0.451. The molecule has 0 atom stereocenters. The van der Waals surface area contributed by atoms with Crippen molar-refractivity contribution >= 4 is 17.5 Å². The van der Waals surface area contributed by atoms with Crippen LogP contribution in [-0.4, -0.2) is 35.1 Å². The van der Waals surface area contributed by atoms with Gasteiger partial charge in [-0.05, 0) is 33.8 Å². The molecule has 0 aliphatic heterocycles. The number of anilines is 1. The molecule has 0 bridgehead atoms. The number of esters is 1. The highest BCUT2D eigenvalue weighted by Crippen LogP contribution is 2.21. The molecule has 1 aromatic heterocycles. The lowest BCUT2D eigenvalue weighted by Crippen LogP contribution is -2.37. The van der Waals surface area contributed by atoms with Crippen LogP contribution in [0.15, 0.2) is 12.1 Å². The van der Waals surface area contributed by atoms with Crippen molar-refractivity contribution in [2.45, 2.75) is 33.7 Å². The number of ether oxygens (including phenoxy) is 1. The van der Waals surface area contributed by atoms with Crippen molar-refractivity contribution in [3.8, 4) is 0 Å². The van der Waals surface area contributed by atoms with Crippen molar-refractivity contribution < 1.29 is 14.5 Å². The molecule has 0 aromatic carbocycles. The van der Waals surface area contributed by atoms with Crippen LogP contribution in [0, 0.1) is 17.0 Å². The number of carbonyl (C=O) groups is 1. The summed E-state index contributed by atoms with van der Waals surface area (Å²) in [7, 11) is 0. The second-order valence-corrected chi connectivity index (χ2v) is 4.56. The minimum atomic E-state index is -0.475. The molecule has 0 unspecified atom stereocenters. The molecule has 1 rings (SSSR count). The largest absolute Gasteiger partial charge is 0.465 e. The van der Waals surface area contributed by atoms with Crippen LogP contribution < -0.4 is 4.90 Å². The fourth-order valence-corrected chi connectivity index (χ4v) is 1.77. The zero-order chi connectivity index (χ0) is 15.3. The van der Waals surface area contributed by atoms with Gasteiger partial charge < -0.3 is 9.64 Å². The molecule has 0 N–H and O–H groups in total. The van der Waals surface area contributed by atoms with Gasteiger partial charge in [-0.1, -0.05) is 0 Å². The first-order valence-corrected chi connectivity index (χ1v) is 6.41. The Balaban J connectivity index is 3.01. The SMILES string of the molecule is CCOC(=O)CN(c1ccc([N+](=O)[O-])c(C)n1)C(C)C. The first kappa shape index (κ1) is 15.9. The molecule has 0 spiro atoms. The summed E-state index contributed by atoms with van der Waals surface area (Å²) >= 11 is 0. The summed E-state index contributed by atoms with van der Waals surface area (Å²) in [5, 5.41) is 10.8. The molecule has 110 valence electrons. The van der Waals surface area contributed by atoms with Crippen LogP contribution in [0.2, 0.25) is 0 Å². The van der Waals surface area contributed by atoms with Crippen molar-refractivity contribution in [2.24, 2.45) is 0 Å². The third-order valence-corrected chi connectivity index (χ3v) is 2.76. The van der Waals surface area contributed by atoms with E-state index < -0.39 is 4.92 Å². The van der Waals surface area contributed by atoms with E-state index in [1.54, 1.807) is 24.8 Å². The Labute approximate surface area is 117 Å². The second kappa shape index (κ2) is 6.83. The summed E-state index contributed by atoms with van der Waals surface area (Å²) in [6.07, 6.45) is 0. The van der Waals surface area contributed by atoms with Crippen LogP contribution in [0.4, 0.5) is 11.5 Å². The molecule has 0 aliphatic carbocycles. The molecule has 1 heterocycles. The number of nitrogens with zero attached hydrogens (tertiary/aromatic N) is 3. The number of aromatic nitrogens is 1. The fourth-order valence-electron chi connectivity index (χ4n) is 1.77. The van der Waals surface area contributed by atoms with E-state index in [9.17, 15) is 14.9 Å². The molecular weight excluding hydrogens is 262 g/mol. The molecule has 0 fully saturated rings. The van der Waals surface area contributed by atoms with Gasteiger partial charge in [0.15, 0.2) is 0 Å². The van der Waals surface area contributed by atoms with Crippen molar-refractivity contribution in [1.82, 2.24) is 4.98 Å². The zero-order valence-electron chi connectivity index (χ0n) is 12.1. The second-order valence-electron chi connectivity index (χ2n) is 4.56. The van der Waals surface area contributed by atoms with Gasteiger partial charge >= 0.3 is 5.97 Å². The number of hydrogen-bond acceptors (Lipinski definition) is 6. The Bertz CT molecular complexity index is 502. The van der Waals surface area contributed by atoms with E-state index in [4.69, 9.17) is 4.74 Å². The number of carbonyl (C=O) groups excluding carboxylic acids is 1. The van der Waals surface area contributed by atoms with Crippen LogP contribution in [-0.2, 0) is 9.53 Å². The first-order chi connectivity index (χ1) is 9.36. The highest BCUT2D eigenvalue weighted by Gasteiger charge is 2.19. The fraction of sp³-hybridized carbons (Fsp3) is 0.538. The van der Waals surface area contributed by atoms with E-state index in [1.165, 1.54) is 6.07 Å². The Kier molecular flexibility index (Phi) is 5.42. The molecule has 7 nitrogen and oxygen atoms in total. The molecule has 0 aliphatic rings. The summed E-state index contributed by atoms with van der Waals surface area (Å²) in [5.74, 6) is 0.176. The maximum atomic E-state index is 11.6. The van der Waals surface area contributed by atoms with E-state index in [0.29, 0.717) is 18.1 Å². The lowest BCUT2D eigenvalue weighted by molar-refractivity contribution is -0.385. The van der Waals surface area contributed by atoms with Gasteiger partial charge in [-0.15, -0.1) is 0 Å². The monoisotopic (exact) mass is 281 g/mol. The zero-order valence-corrected chi connectivity index (χ0v) is 12.1. The number of rotatable bonds is 6. The molecule has 0 amide bonds. The lowest BCUT2D eigenvalue weighted by atomic mass is 10.2. The Morgan fingerprint density at radius 3 is 2.60 bits per heavy atom. The summed E-state index contributed by atoms with van der Waals surface area (Å²) < 4.78 is 4.92. The lowest BCUT2D eigenvalue weighted by Gasteiger charge is -2.26. The minimum absolute atomic E-state index is 0.0211. The minimum Gasteiger partial charge on any atom is -0.465 e. The van der Waals surface area contributed by atoms with Gasteiger partial charge in [-0.25, -0.2) is 4.98 Å². The first-order valence-electron chi connectivity index (χ1n) is 6.41. The van der Waals surface area contributed by atoms with Gasteiger partial charge in [0.1, 0.15) is 18.1 Å². The van der Waals surface area contributed by atoms with E-state index in [-0.39, 0.29) is 24.2 Å². The highest BCUT2D eigenvalue weighted by molar-refractivity contribution is 5.75. The van der Waals surface area contributed by atoms with Crippen LogP contribution in [0.25, 0.3) is 0 Å². The molecule has 0 saturated heterocycles. The van der Waals surface area contributed by atoms with E-state index in [2.05, 4.69) is 4.98 Å². The average molecular weight is 281 g/mol. The maximum Gasteiger partial charge on any atom is 0.325 e. The number of hydrogen-bond donors (Lipinski definition) is 0. The van der Waals surface area contributed by atoms with Gasteiger partial charge in [-0.2, -0.15) is 0 Å². The van der Waals surface area contributed by atoms with E-state index in [0.717, 1.165) is 0 Å². The highest BCUT2D eigenvalue weighted by atomic mass is 16.6. The predicted molar refractivity (Wildman–Crippen MR) is 74.7 cm³/mol. The summed E-state index contributed by atoms with van der Waals surface area (Å²) in [6, 6.07) is 2.97. The molecule has 0 radical (unpaired) electrons. The van der Waals surface area contributed by atoms with Gasteiger partial charge in [0, 0.05) is 12.1 Å². The number of pyridine rings is 1. The van der Waals surface area contributed by atoms with Crippen LogP contribution in [0.1, 0.15) is 26.5 Å². The van der Waals surface area contributed by atoms with Gasteiger partial charge in [0.2, 0.25) is 0 Å². The Morgan fingerprint density at radius 2 is 2.15 bits per heavy atom. The third kappa shape index (κ3) is 3.91. The molecule has 0 saturated carbocycles. The summed E-state index contributed by atoms with van der Waals surface area (Å²) in [6.45, 7) is 7.53. The third-order valence-electron chi connectivity index (χ3n) is 2.76. The molecule has 7 heteroatoms. The van der Waals surface area contributed by atoms with Crippen LogP contribution in [0.5, 0.6) is 0 Å². The predicted octanol–water partition coefficient (Wildman–Crippen LogP) is 2.08. The Morgan fingerprint density at radius 1 is 1.50 bits per heavy atom. The van der Waals surface area contributed by atoms with Gasteiger partial charge in [-0.3, -0.25) is 14.9 Å². The Hall–Kier alpha value is -2.18. The smallest absolute Gasteiger partial charge is 0.325 e. The van der Waals surface area contributed by atoms with Crippen LogP contribution in [0.3, 0.4) is 0 Å². The molecule has 20 heavy (non-hydrogen) atoms. The number of nitro groups is 1. The maximum absolute atomic E-state index is 11.6. The summed E-state index contributed by atoms with van der Waals surface area (Å²) in [4.78, 5) is 27.8. The van der Waals surface area contributed by atoms with Crippen molar-refractivity contribution in [3.05, 3.63) is 27.9 Å².